The number of nitrogens with one attached hydrogen (secondary N) is 2. The maximum Gasteiger partial charge on any atom is 0.314 e. The second kappa shape index (κ2) is 17.3. The third kappa shape index (κ3) is 17.2. The number of nitrogens with two attached hydrogens (primary N) is 1. The van der Waals surface area contributed by atoms with E-state index in [2.05, 4.69) is 17.6 Å². The largest absolute Gasteiger partial charge is 0.338 e. The zero-order valence-corrected chi connectivity index (χ0v) is 14.1. The van der Waals surface area contributed by atoms with Crippen molar-refractivity contribution in [2.24, 2.45) is 5.73 Å². The average Bonchev–Trinajstić information content (AvgIpc) is 2.48. The summed E-state index contributed by atoms with van der Waals surface area (Å²) < 4.78 is 0. The highest BCUT2D eigenvalue weighted by molar-refractivity contribution is 5.73. The van der Waals surface area contributed by atoms with Crippen LogP contribution in [0.5, 0.6) is 0 Å². The Balaban J connectivity index is 3.06. The van der Waals surface area contributed by atoms with E-state index >= 15 is 0 Å². The Morgan fingerprint density at radius 1 is 0.714 bits per heavy atom. The Hall–Kier alpha value is -0.770. The van der Waals surface area contributed by atoms with Gasteiger partial charge in [-0.2, -0.15) is 0 Å². The van der Waals surface area contributed by atoms with Crippen LogP contribution in [0.4, 0.5) is 4.79 Å². The average molecular weight is 300 g/mol. The molecule has 0 radical (unpaired) electrons. The number of rotatable bonds is 15. The van der Waals surface area contributed by atoms with E-state index in [4.69, 9.17) is 5.73 Å². The van der Waals surface area contributed by atoms with Crippen molar-refractivity contribution in [1.82, 2.24) is 10.6 Å². The molecule has 0 atom stereocenters. The molecule has 0 saturated carbocycles. The maximum absolute atomic E-state index is 11.4. The highest BCUT2D eigenvalue weighted by atomic mass is 16.2. The van der Waals surface area contributed by atoms with Crippen molar-refractivity contribution in [2.45, 2.75) is 84.0 Å². The lowest BCUT2D eigenvalue weighted by molar-refractivity contribution is 0.240. The molecule has 126 valence electrons. The molecule has 21 heavy (non-hydrogen) atoms. The first-order valence-electron chi connectivity index (χ1n) is 9.03. The minimum atomic E-state index is -0.0130. The van der Waals surface area contributed by atoms with Gasteiger partial charge in [-0.1, -0.05) is 64.7 Å². The van der Waals surface area contributed by atoms with Gasteiger partial charge in [-0.3, -0.25) is 0 Å². The van der Waals surface area contributed by atoms with Crippen LogP contribution in [0, 0.1) is 0 Å². The van der Waals surface area contributed by atoms with Gasteiger partial charge in [-0.05, 0) is 25.8 Å². The number of carbonyl (C=O) groups is 1. The van der Waals surface area contributed by atoms with Gasteiger partial charge < -0.3 is 16.4 Å². The lowest BCUT2D eigenvalue weighted by atomic mass is 10.1. The number of urea groups is 1. The van der Waals surface area contributed by atoms with E-state index in [1.54, 1.807) is 0 Å². The molecule has 0 aliphatic rings. The van der Waals surface area contributed by atoms with Crippen LogP contribution in [0.3, 0.4) is 0 Å². The third-order valence-corrected chi connectivity index (χ3v) is 3.73. The standard InChI is InChI=1S/C17H37N3O/c1-2-3-15-19-17(21)20-16-13-11-9-7-5-4-6-8-10-12-14-18/h2-16,18H2,1H3,(H2,19,20,21). The van der Waals surface area contributed by atoms with E-state index in [9.17, 15) is 4.79 Å². The molecule has 4 N–H and O–H groups in total. The second-order valence-corrected chi connectivity index (χ2v) is 5.86. The van der Waals surface area contributed by atoms with Gasteiger partial charge in [0.05, 0.1) is 0 Å². The Morgan fingerprint density at radius 3 is 1.62 bits per heavy atom. The molecule has 0 aliphatic heterocycles. The first-order valence-corrected chi connectivity index (χ1v) is 9.03. The summed E-state index contributed by atoms with van der Waals surface area (Å²) in [5, 5.41) is 5.78. The molecule has 0 unspecified atom stereocenters. The summed E-state index contributed by atoms with van der Waals surface area (Å²) in [6.07, 6.45) is 15.0. The topological polar surface area (TPSA) is 67.2 Å². The monoisotopic (exact) mass is 299 g/mol. The van der Waals surface area contributed by atoms with Crippen molar-refractivity contribution in [3.05, 3.63) is 0 Å². The van der Waals surface area contributed by atoms with Crippen molar-refractivity contribution in [3.8, 4) is 0 Å². The predicted molar refractivity (Wildman–Crippen MR) is 91.5 cm³/mol. The quantitative estimate of drug-likeness (QED) is 0.401. The molecule has 0 heterocycles. The number of hydrogen-bond acceptors (Lipinski definition) is 2. The smallest absolute Gasteiger partial charge is 0.314 e. The van der Waals surface area contributed by atoms with Gasteiger partial charge in [0.15, 0.2) is 0 Å². The summed E-state index contributed by atoms with van der Waals surface area (Å²) in [6.45, 7) is 4.55. The summed E-state index contributed by atoms with van der Waals surface area (Å²) in [5.74, 6) is 0. The van der Waals surface area contributed by atoms with Crippen molar-refractivity contribution < 1.29 is 4.79 Å². The molecule has 0 fully saturated rings. The minimum Gasteiger partial charge on any atom is -0.338 e. The molecule has 0 aliphatic carbocycles. The highest BCUT2D eigenvalue weighted by Gasteiger charge is 1.97. The lowest BCUT2D eigenvalue weighted by Crippen LogP contribution is -2.36. The van der Waals surface area contributed by atoms with Crippen LogP contribution in [-0.2, 0) is 0 Å². The van der Waals surface area contributed by atoms with E-state index in [0.29, 0.717) is 0 Å². The summed E-state index contributed by atoms with van der Waals surface area (Å²) >= 11 is 0. The highest BCUT2D eigenvalue weighted by Crippen LogP contribution is 2.10. The van der Waals surface area contributed by atoms with Crippen molar-refractivity contribution >= 4 is 6.03 Å². The van der Waals surface area contributed by atoms with E-state index in [-0.39, 0.29) is 6.03 Å². The zero-order chi connectivity index (χ0) is 15.6. The maximum atomic E-state index is 11.4. The van der Waals surface area contributed by atoms with Gasteiger partial charge >= 0.3 is 6.03 Å². The van der Waals surface area contributed by atoms with Crippen LogP contribution in [0.25, 0.3) is 0 Å². The Bertz CT molecular complexity index is 222. The van der Waals surface area contributed by atoms with Crippen LogP contribution in [0.15, 0.2) is 0 Å². The molecular formula is C17H37N3O. The van der Waals surface area contributed by atoms with Gasteiger partial charge in [-0.25, -0.2) is 4.79 Å². The van der Waals surface area contributed by atoms with Crippen LogP contribution in [0.2, 0.25) is 0 Å². The number of amides is 2. The third-order valence-electron chi connectivity index (χ3n) is 3.73. The van der Waals surface area contributed by atoms with Crippen LogP contribution < -0.4 is 16.4 Å². The molecule has 0 spiro atoms. The van der Waals surface area contributed by atoms with Crippen LogP contribution in [-0.4, -0.2) is 25.7 Å². The Kier molecular flexibility index (Phi) is 16.6. The van der Waals surface area contributed by atoms with Gasteiger partial charge in [0.25, 0.3) is 0 Å². The molecule has 0 aromatic heterocycles. The Labute approximate surface area is 131 Å². The normalized spacial score (nSPS) is 10.6. The fourth-order valence-corrected chi connectivity index (χ4v) is 2.33. The van der Waals surface area contributed by atoms with Gasteiger partial charge in [0.2, 0.25) is 0 Å². The Morgan fingerprint density at radius 2 is 1.14 bits per heavy atom. The fourth-order valence-electron chi connectivity index (χ4n) is 2.33. The summed E-state index contributed by atoms with van der Waals surface area (Å²) in [5.41, 5.74) is 5.47. The molecule has 0 aromatic carbocycles. The number of carbonyl (C=O) groups excluding carboxylic acids is 1. The van der Waals surface area contributed by atoms with Gasteiger partial charge in [-0.15, -0.1) is 0 Å². The van der Waals surface area contributed by atoms with E-state index in [1.807, 2.05) is 0 Å². The summed E-state index contributed by atoms with van der Waals surface area (Å²) in [7, 11) is 0. The predicted octanol–water partition coefficient (Wildman–Crippen LogP) is 3.95. The number of unbranched alkanes of at least 4 members (excludes halogenated alkanes) is 10. The van der Waals surface area contributed by atoms with Crippen LogP contribution in [0.1, 0.15) is 84.0 Å². The molecule has 2 amide bonds. The molecule has 4 nitrogen and oxygen atoms in total. The van der Waals surface area contributed by atoms with Crippen LogP contribution >= 0.6 is 0 Å². The van der Waals surface area contributed by atoms with Crippen molar-refractivity contribution in [1.29, 1.82) is 0 Å². The zero-order valence-electron chi connectivity index (χ0n) is 14.1. The first kappa shape index (κ1) is 20.2. The van der Waals surface area contributed by atoms with Gasteiger partial charge in [0.1, 0.15) is 0 Å². The molecule has 0 saturated heterocycles. The first-order chi connectivity index (χ1) is 10.3. The van der Waals surface area contributed by atoms with Gasteiger partial charge in [0, 0.05) is 13.1 Å². The molecule has 0 bridgehead atoms. The van der Waals surface area contributed by atoms with E-state index in [1.165, 1.54) is 57.8 Å². The van der Waals surface area contributed by atoms with E-state index in [0.717, 1.165) is 38.9 Å². The molecule has 0 aromatic rings. The lowest BCUT2D eigenvalue weighted by Gasteiger charge is -2.07. The SMILES string of the molecule is CCCCNC(=O)NCCCCCCCCCCCCN. The van der Waals surface area contributed by atoms with E-state index < -0.39 is 0 Å². The summed E-state index contributed by atoms with van der Waals surface area (Å²) in [6, 6.07) is -0.0130. The molecule has 4 heteroatoms. The number of hydrogen-bond donors (Lipinski definition) is 3. The molecular weight excluding hydrogens is 262 g/mol. The van der Waals surface area contributed by atoms with Crippen molar-refractivity contribution in [2.75, 3.05) is 19.6 Å². The minimum absolute atomic E-state index is 0.0130. The second-order valence-electron chi connectivity index (χ2n) is 5.86. The fraction of sp³-hybridized carbons (Fsp3) is 0.941. The van der Waals surface area contributed by atoms with Crippen molar-refractivity contribution in [3.63, 3.8) is 0 Å². The summed E-state index contributed by atoms with van der Waals surface area (Å²) in [4.78, 5) is 11.4. The molecule has 0 rings (SSSR count).